The van der Waals surface area contributed by atoms with Gasteiger partial charge in [-0.25, -0.2) is 14.8 Å². The largest absolute Gasteiger partial charge is 0.461 e. The molecule has 28 heavy (non-hydrogen) atoms. The zero-order chi connectivity index (χ0) is 20.1. The van der Waals surface area contributed by atoms with Gasteiger partial charge in [0.1, 0.15) is 11.5 Å². The average Bonchev–Trinajstić information content (AvgIpc) is 3.07. The lowest BCUT2D eigenvalue weighted by molar-refractivity contribution is 0.0520. The van der Waals surface area contributed by atoms with Gasteiger partial charge < -0.3 is 15.8 Å². The Kier molecular flexibility index (Phi) is 5.69. The van der Waals surface area contributed by atoms with E-state index in [4.69, 9.17) is 10.5 Å². The van der Waals surface area contributed by atoms with Crippen molar-refractivity contribution >= 4 is 35.4 Å². The van der Waals surface area contributed by atoms with Crippen LogP contribution in [-0.4, -0.2) is 32.7 Å². The number of aromatic amines is 1. The average molecular weight is 378 g/mol. The van der Waals surface area contributed by atoms with E-state index in [9.17, 15) is 4.79 Å². The number of carbonyl (C=O) groups excluding carboxylic acids is 1. The van der Waals surface area contributed by atoms with Crippen LogP contribution in [-0.2, 0) is 4.74 Å². The number of carbonyl (C=O) groups is 1. The van der Waals surface area contributed by atoms with Gasteiger partial charge in [0.2, 0.25) is 0 Å². The molecule has 0 radical (unpaired) electrons. The van der Waals surface area contributed by atoms with E-state index in [0.717, 1.165) is 16.8 Å². The molecule has 0 amide bonds. The monoisotopic (exact) mass is 378 g/mol. The Morgan fingerprint density at radius 2 is 2.07 bits per heavy atom. The number of anilines is 3. The molecule has 8 nitrogen and oxygen atoms in total. The number of nitrogens with zero attached hydrogens (tertiary/aromatic N) is 3. The smallest absolute Gasteiger partial charge is 0.359 e. The topological polar surface area (TPSA) is 119 Å². The van der Waals surface area contributed by atoms with Crippen molar-refractivity contribution in [3.63, 3.8) is 0 Å². The van der Waals surface area contributed by atoms with Gasteiger partial charge >= 0.3 is 5.97 Å². The molecule has 0 aliphatic rings. The van der Waals surface area contributed by atoms with Gasteiger partial charge in [0.25, 0.3) is 0 Å². The van der Waals surface area contributed by atoms with Crippen molar-refractivity contribution < 1.29 is 9.53 Å². The fraction of sp³-hybridized carbons (Fsp3) is 0.200. The number of benzene rings is 1. The highest BCUT2D eigenvalue weighted by Crippen LogP contribution is 2.24. The van der Waals surface area contributed by atoms with Gasteiger partial charge in [-0.15, -0.1) is 0 Å². The normalized spacial score (nSPS) is 11.0. The summed E-state index contributed by atoms with van der Waals surface area (Å²) in [5.74, 6) is 0.630. The lowest BCUT2D eigenvalue weighted by atomic mass is 10.1. The zero-order valence-corrected chi connectivity index (χ0v) is 16.0. The van der Waals surface area contributed by atoms with Gasteiger partial charge in [-0.05, 0) is 32.4 Å². The van der Waals surface area contributed by atoms with Crippen LogP contribution in [0.2, 0.25) is 0 Å². The first-order chi connectivity index (χ1) is 13.5. The number of H-pyrrole nitrogens is 1. The quantitative estimate of drug-likeness (QED) is 0.562. The van der Waals surface area contributed by atoms with Gasteiger partial charge in [-0.2, -0.15) is 5.10 Å². The minimum atomic E-state index is -0.601. The van der Waals surface area contributed by atoms with Gasteiger partial charge in [-0.1, -0.05) is 35.9 Å². The zero-order valence-electron chi connectivity index (χ0n) is 16.0. The molecule has 8 heteroatoms. The molecule has 0 saturated heterocycles. The second-order valence-corrected chi connectivity index (χ2v) is 6.21. The molecule has 2 heterocycles. The fourth-order valence-electron chi connectivity index (χ4n) is 2.57. The second-order valence-electron chi connectivity index (χ2n) is 6.21. The third-order valence-electron chi connectivity index (χ3n) is 3.86. The summed E-state index contributed by atoms with van der Waals surface area (Å²) < 4.78 is 5.07. The maximum Gasteiger partial charge on any atom is 0.359 e. The molecule has 1 aromatic carbocycles. The highest BCUT2D eigenvalue weighted by molar-refractivity contribution is 5.96. The molecule has 0 unspecified atom stereocenters. The molecule has 144 valence electrons. The molecule has 2 aromatic heterocycles. The number of aryl methyl sites for hydroxylation is 2. The number of esters is 1. The van der Waals surface area contributed by atoms with Gasteiger partial charge in [-0.3, -0.25) is 5.10 Å². The van der Waals surface area contributed by atoms with Crippen molar-refractivity contribution in [2.45, 2.75) is 20.8 Å². The lowest BCUT2D eigenvalue weighted by Gasteiger charge is -2.11. The summed E-state index contributed by atoms with van der Waals surface area (Å²) in [6, 6.07) is 9.79. The SMILES string of the molecule is CCOC(=O)c1nc(/C=C/c2cccc(C)c2)nc(Nc2cc(C)n[nH]2)c1N. The molecule has 0 aliphatic carbocycles. The summed E-state index contributed by atoms with van der Waals surface area (Å²) in [6.45, 7) is 5.81. The Labute approximate surface area is 162 Å². The minimum absolute atomic E-state index is 0.0134. The van der Waals surface area contributed by atoms with Crippen LogP contribution in [0.15, 0.2) is 30.3 Å². The summed E-state index contributed by atoms with van der Waals surface area (Å²) in [4.78, 5) is 21.0. The maximum atomic E-state index is 12.3. The van der Waals surface area contributed by atoms with E-state index < -0.39 is 5.97 Å². The first-order valence-electron chi connectivity index (χ1n) is 8.84. The minimum Gasteiger partial charge on any atom is -0.461 e. The third kappa shape index (κ3) is 4.53. The fourth-order valence-corrected chi connectivity index (χ4v) is 2.57. The maximum absolute atomic E-state index is 12.3. The Bertz CT molecular complexity index is 1030. The Hall–Kier alpha value is -3.68. The molecule has 0 bridgehead atoms. The molecule has 0 aliphatic heterocycles. The lowest BCUT2D eigenvalue weighted by Crippen LogP contribution is -2.14. The van der Waals surface area contributed by atoms with E-state index in [0.29, 0.717) is 17.5 Å². The molecule has 0 spiro atoms. The number of rotatable bonds is 6. The number of nitrogens with two attached hydrogens (primary N) is 1. The van der Waals surface area contributed by atoms with Gasteiger partial charge in [0, 0.05) is 6.07 Å². The molecule has 0 fully saturated rings. The first kappa shape index (κ1) is 19.1. The second kappa shape index (κ2) is 8.34. The summed E-state index contributed by atoms with van der Waals surface area (Å²) in [6.07, 6.45) is 3.60. The van der Waals surface area contributed by atoms with Crippen LogP contribution in [0.1, 0.15) is 40.1 Å². The Balaban J connectivity index is 1.99. The van der Waals surface area contributed by atoms with Crippen LogP contribution in [0.5, 0.6) is 0 Å². The number of aromatic nitrogens is 4. The number of nitrogens with one attached hydrogen (secondary N) is 2. The summed E-state index contributed by atoms with van der Waals surface area (Å²) in [7, 11) is 0. The van der Waals surface area contributed by atoms with E-state index in [1.54, 1.807) is 19.1 Å². The van der Waals surface area contributed by atoms with Crippen molar-refractivity contribution in [2.75, 3.05) is 17.7 Å². The number of ether oxygens (including phenoxy) is 1. The van der Waals surface area contributed by atoms with Crippen LogP contribution in [0.3, 0.4) is 0 Å². The molecular weight excluding hydrogens is 356 g/mol. The predicted molar refractivity (Wildman–Crippen MR) is 109 cm³/mol. The van der Waals surface area contributed by atoms with E-state index in [1.165, 1.54) is 0 Å². The van der Waals surface area contributed by atoms with Gasteiger partial charge in [0.15, 0.2) is 17.3 Å². The van der Waals surface area contributed by atoms with Crippen molar-refractivity contribution in [3.05, 3.63) is 58.7 Å². The Morgan fingerprint density at radius 1 is 1.25 bits per heavy atom. The van der Waals surface area contributed by atoms with Crippen LogP contribution in [0.25, 0.3) is 12.2 Å². The van der Waals surface area contributed by atoms with Crippen molar-refractivity contribution in [1.29, 1.82) is 0 Å². The molecule has 0 saturated carbocycles. The van der Waals surface area contributed by atoms with Gasteiger partial charge in [0.05, 0.1) is 12.3 Å². The predicted octanol–water partition coefficient (Wildman–Crippen LogP) is 3.49. The standard InChI is InChI=1S/C20H22N6O2/c1-4-28-20(27)18-17(21)19(24-16-11-13(3)25-26-16)23-15(22-18)9-8-14-7-5-6-12(2)10-14/h5-11H,4,21H2,1-3H3,(H2,22,23,24,25,26)/b9-8+. The summed E-state index contributed by atoms with van der Waals surface area (Å²) in [5.41, 5.74) is 9.19. The highest BCUT2D eigenvalue weighted by Gasteiger charge is 2.19. The molecule has 0 atom stereocenters. The van der Waals surface area contributed by atoms with E-state index in [-0.39, 0.29) is 18.0 Å². The molecular formula is C20H22N6O2. The van der Waals surface area contributed by atoms with E-state index in [1.807, 2.05) is 44.2 Å². The number of hydrogen-bond acceptors (Lipinski definition) is 7. The summed E-state index contributed by atoms with van der Waals surface area (Å²) >= 11 is 0. The van der Waals surface area contributed by atoms with Crippen LogP contribution >= 0.6 is 0 Å². The van der Waals surface area contributed by atoms with Crippen molar-refractivity contribution in [1.82, 2.24) is 20.2 Å². The van der Waals surface area contributed by atoms with E-state index in [2.05, 4.69) is 25.5 Å². The van der Waals surface area contributed by atoms with Crippen molar-refractivity contribution in [2.24, 2.45) is 0 Å². The first-order valence-corrected chi connectivity index (χ1v) is 8.84. The summed E-state index contributed by atoms with van der Waals surface area (Å²) in [5, 5.41) is 9.93. The third-order valence-corrected chi connectivity index (χ3v) is 3.86. The molecule has 4 N–H and O–H groups in total. The van der Waals surface area contributed by atoms with E-state index >= 15 is 0 Å². The Morgan fingerprint density at radius 3 is 2.75 bits per heavy atom. The van der Waals surface area contributed by atoms with Crippen LogP contribution in [0.4, 0.5) is 17.3 Å². The van der Waals surface area contributed by atoms with Crippen LogP contribution in [0, 0.1) is 13.8 Å². The van der Waals surface area contributed by atoms with Crippen LogP contribution < -0.4 is 11.1 Å². The number of hydrogen-bond donors (Lipinski definition) is 3. The molecule has 3 aromatic rings. The van der Waals surface area contributed by atoms with Crippen molar-refractivity contribution in [3.8, 4) is 0 Å². The number of nitrogen functional groups attached to an aromatic ring is 1. The highest BCUT2D eigenvalue weighted by atomic mass is 16.5. The molecule has 3 rings (SSSR count).